The third-order valence-electron chi connectivity index (χ3n) is 2.97. The highest BCUT2D eigenvalue weighted by atomic mass is 15.3. The van der Waals surface area contributed by atoms with Crippen LogP contribution in [0.4, 0.5) is 0 Å². The first-order valence-electron chi connectivity index (χ1n) is 4.73. The molecular weight excluding hydrogens is 162 g/mol. The second-order valence-electron chi connectivity index (χ2n) is 3.85. The number of hydrogen-bond acceptors (Lipinski definition) is 2. The third kappa shape index (κ3) is 1.57. The molecule has 1 saturated carbocycles. The van der Waals surface area contributed by atoms with Crippen molar-refractivity contribution in [2.24, 2.45) is 11.8 Å². The van der Waals surface area contributed by atoms with Crippen molar-refractivity contribution in [2.75, 3.05) is 0 Å². The Morgan fingerprint density at radius 1 is 1.69 bits per heavy atom. The van der Waals surface area contributed by atoms with Crippen LogP contribution in [0.15, 0.2) is 12.3 Å². The minimum atomic E-state index is 0.520. The van der Waals surface area contributed by atoms with Crippen molar-refractivity contribution in [3.63, 3.8) is 0 Å². The highest BCUT2D eigenvalue weighted by molar-refractivity contribution is 5.16. The Hall–Kier alpha value is -1.30. The maximum atomic E-state index is 8.58. The molecule has 1 fully saturated rings. The van der Waals surface area contributed by atoms with E-state index in [4.69, 9.17) is 5.26 Å². The van der Waals surface area contributed by atoms with E-state index in [1.165, 1.54) is 12.8 Å². The van der Waals surface area contributed by atoms with Crippen molar-refractivity contribution < 1.29 is 0 Å². The third-order valence-corrected chi connectivity index (χ3v) is 2.97. The van der Waals surface area contributed by atoms with Crippen LogP contribution in [0.25, 0.3) is 0 Å². The fourth-order valence-corrected chi connectivity index (χ4v) is 1.77. The summed E-state index contributed by atoms with van der Waals surface area (Å²) in [6.07, 6.45) is 4.55. The quantitative estimate of drug-likeness (QED) is 0.687. The maximum absolute atomic E-state index is 8.58. The van der Waals surface area contributed by atoms with Gasteiger partial charge in [0, 0.05) is 12.7 Å². The number of nitriles is 1. The molecule has 3 heteroatoms. The predicted octanol–water partition coefficient (Wildman–Crippen LogP) is 1.80. The summed E-state index contributed by atoms with van der Waals surface area (Å²) < 4.78 is 1.89. The Balaban J connectivity index is 1.98. The van der Waals surface area contributed by atoms with Crippen LogP contribution in [0.5, 0.6) is 0 Å². The SMILES string of the molecule is CC1CCC1Cn1ccc(C#N)n1. The van der Waals surface area contributed by atoms with Gasteiger partial charge in [0.15, 0.2) is 5.69 Å². The molecule has 3 nitrogen and oxygen atoms in total. The molecule has 0 N–H and O–H groups in total. The van der Waals surface area contributed by atoms with Gasteiger partial charge in [0.25, 0.3) is 0 Å². The molecule has 0 spiro atoms. The number of aromatic nitrogens is 2. The molecule has 2 rings (SSSR count). The molecule has 1 aromatic rings. The van der Waals surface area contributed by atoms with Crippen LogP contribution in [0.3, 0.4) is 0 Å². The zero-order valence-corrected chi connectivity index (χ0v) is 7.77. The van der Waals surface area contributed by atoms with E-state index in [1.54, 1.807) is 6.07 Å². The van der Waals surface area contributed by atoms with Gasteiger partial charge in [0.1, 0.15) is 6.07 Å². The Morgan fingerprint density at radius 3 is 3.00 bits per heavy atom. The lowest BCUT2D eigenvalue weighted by atomic mass is 9.75. The highest BCUT2D eigenvalue weighted by Gasteiger charge is 2.26. The molecule has 0 radical (unpaired) electrons. The first-order valence-corrected chi connectivity index (χ1v) is 4.73. The van der Waals surface area contributed by atoms with Crippen LogP contribution in [0.1, 0.15) is 25.5 Å². The summed E-state index contributed by atoms with van der Waals surface area (Å²) >= 11 is 0. The van der Waals surface area contributed by atoms with Gasteiger partial charge in [-0.1, -0.05) is 13.3 Å². The van der Waals surface area contributed by atoms with Crippen molar-refractivity contribution in [2.45, 2.75) is 26.3 Å². The molecule has 0 saturated heterocycles. The van der Waals surface area contributed by atoms with Crippen LogP contribution in [-0.4, -0.2) is 9.78 Å². The molecule has 2 atom stereocenters. The monoisotopic (exact) mass is 175 g/mol. The fraction of sp³-hybridized carbons (Fsp3) is 0.600. The van der Waals surface area contributed by atoms with Crippen LogP contribution < -0.4 is 0 Å². The zero-order chi connectivity index (χ0) is 9.26. The van der Waals surface area contributed by atoms with E-state index in [-0.39, 0.29) is 0 Å². The summed E-state index contributed by atoms with van der Waals surface area (Å²) in [5.41, 5.74) is 0.520. The Bertz CT molecular complexity index is 334. The normalized spacial score (nSPS) is 26.5. The van der Waals surface area contributed by atoms with Gasteiger partial charge in [0.2, 0.25) is 0 Å². The largest absolute Gasteiger partial charge is 0.271 e. The van der Waals surface area contributed by atoms with Gasteiger partial charge < -0.3 is 0 Å². The van der Waals surface area contributed by atoms with E-state index in [0.29, 0.717) is 5.69 Å². The summed E-state index contributed by atoms with van der Waals surface area (Å²) in [5.74, 6) is 1.60. The highest BCUT2D eigenvalue weighted by Crippen LogP contribution is 2.34. The lowest BCUT2D eigenvalue weighted by Gasteiger charge is -2.33. The second-order valence-corrected chi connectivity index (χ2v) is 3.85. The summed E-state index contributed by atoms with van der Waals surface area (Å²) in [6.45, 7) is 3.26. The first kappa shape index (κ1) is 8.31. The van der Waals surface area contributed by atoms with E-state index in [9.17, 15) is 0 Å². The van der Waals surface area contributed by atoms with E-state index in [1.807, 2.05) is 16.9 Å². The first-order chi connectivity index (χ1) is 6.29. The summed E-state index contributed by atoms with van der Waals surface area (Å²) in [7, 11) is 0. The van der Waals surface area contributed by atoms with Crippen LogP contribution in [-0.2, 0) is 6.54 Å². The number of nitrogens with zero attached hydrogens (tertiary/aromatic N) is 3. The van der Waals surface area contributed by atoms with Crippen LogP contribution >= 0.6 is 0 Å². The second kappa shape index (κ2) is 3.21. The van der Waals surface area contributed by atoms with Crippen molar-refractivity contribution in [1.29, 1.82) is 5.26 Å². The molecule has 0 aliphatic heterocycles. The van der Waals surface area contributed by atoms with Crippen molar-refractivity contribution >= 4 is 0 Å². The van der Waals surface area contributed by atoms with E-state index >= 15 is 0 Å². The smallest absolute Gasteiger partial charge is 0.162 e. The Labute approximate surface area is 78.0 Å². The average molecular weight is 175 g/mol. The van der Waals surface area contributed by atoms with Crippen LogP contribution in [0.2, 0.25) is 0 Å². The minimum absolute atomic E-state index is 0.520. The fourth-order valence-electron chi connectivity index (χ4n) is 1.77. The van der Waals surface area contributed by atoms with Crippen LogP contribution in [0, 0.1) is 23.2 Å². The molecule has 0 aromatic carbocycles. The minimum Gasteiger partial charge on any atom is -0.271 e. The molecule has 0 bridgehead atoms. The maximum Gasteiger partial charge on any atom is 0.162 e. The zero-order valence-electron chi connectivity index (χ0n) is 7.77. The van der Waals surface area contributed by atoms with Gasteiger partial charge >= 0.3 is 0 Å². The molecule has 1 aromatic heterocycles. The molecule has 1 heterocycles. The molecule has 0 amide bonds. The molecule has 1 aliphatic carbocycles. The number of hydrogen-bond donors (Lipinski definition) is 0. The van der Waals surface area contributed by atoms with E-state index in [2.05, 4.69) is 12.0 Å². The summed E-state index contributed by atoms with van der Waals surface area (Å²) in [5, 5.41) is 12.7. The van der Waals surface area contributed by atoms with Gasteiger partial charge in [-0.3, -0.25) is 4.68 Å². The topological polar surface area (TPSA) is 41.6 Å². The van der Waals surface area contributed by atoms with Gasteiger partial charge in [-0.05, 0) is 24.3 Å². The molecule has 68 valence electrons. The van der Waals surface area contributed by atoms with Crippen molar-refractivity contribution in [3.05, 3.63) is 18.0 Å². The standard InChI is InChI=1S/C10H13N3/c1-8-2-3-9(8)7-13-5-4-10(6-11)12-13/h4-5,8-9H,2-3,7H2,1H3. The predicted molar refractivity (Wildman–Crippen MR) is 48.8 cm³/mol. The molecule has 13 heavy (non-hydrogen) atoms. The van der Waals surface area contributed by atoms with Crippen molar-refractivity contribution in [1.82, 2.24) is 9.78 Å². The molecular formula is C10H13N3. The van der Waals surface area contributed by atoms with E-state index < -0.39 is 0 Å². The molecule has 2 unspecified atom stereocenters. The Morgan fingerprint density at radius 2 is 2.54 bits per heavy atom. The van der Waals surface area contributed by atoms with Crippen molar-refractivity contribution in [3.8, 4) is 6.07 Å². The summed E-state index contributed by atoms with van der Waals surface area (Å²) in [4.78, 5) is 0. The lowest BCUT2D eigenvalue weighted by Crippen LogP contribution is -2.27. The van der Waals surface area contributed by atoms with Gasteiger partial charge in [0.05, 0.1) is 0 Å². The molecule has 1 aliphatic rings. The van der Waals surface area contributed by atoms with Gasteiger partial charge in [-0.2, -0.15) is 10.4 Å². The lowest BCUT2D eigenvalue weighted by molar-refractivity contribution is 0.165. The van der Waals surface area contributed by atoms with Gasteiger partial charge in [-0.25, -0.2) is 0 Å². The van der Waals surface area contributed by atoms with Gasteiger partial charge in [-0.15, -0.1) is 0 Å². The number of rotatable bonds is 2. The average Bonchev–Trinajstić information content (AvgIpc) is 2.59. The summed E-state index contributed by atoms with van der Waals surface area (Å²) in [6, 6.07) is 3.80. The van der Waals surface area contributed by atoms with E-state index in [0.717, 1.165) is 18.4 Å². The Kier molecular flexibility index (Phi) is 2.05.